The van der Waals surface area contributed by atoms with Gasteiger partial charge in [-0.3, -0.25) is 4.79 Å². The van der Waals surface area contributed by atoms with Crippen LogP contribution in [0.1, 0.15) is 18.4 Å². The molecule has 11 heteroatoms. The summed E-state index contributed by atoms with van der Waals surface area (Å²) >= 11 is 1.31. The van der Waals surface area contributed by atoms with Gasteiger partial charge in [0.1, 0.15) is 0 Å². The van der Waals surface area contributed by atoms with Crippen LogP contribution in [0.15, 0.2) is 40.1 Å². The summed E-state index contributed by atoms with van der Waals surface area (Å²) in [4.78, 5) is 15.7. The van der Waals surface area contributed by atoms with Gasteiger partial charge in [0, 0.05) is 41.7 Å². The second-order valence-electron chi connectivity index (χ2n) is 7.85. The van der Waals surface area contributed by atoms with Gasteiger partial charge in [-0.2, -0.15) is 13.2 Å². The Kier molecular flexibility index (Phi) is 8.38. The number of rotatable bonds is 8. The third-order valence-electron chi connectivity index (χ3n) is 5.46. The van der Waals surface area contributed by atoms with Crippen LogP contribution in [0.4, 0.5) is 35.9 Å². The maximum atomic E-state index is 13.6. The minimum atomic E-state index is -4.49. The van der Waals surface area contributed by atoms with Crippen molar-refractivity contribution in [3.05, 3.63) is 35.9 Å². The largest absolute Gasteiger partial charge is 0.416 e. The van der Waals surface area contributed by atoms with Crippen molar-refractivity contribution >= 4 is 52.7 Å². The molecule has 2 heterocycles. The number of anilines is 4. The zero-order valence-electron chi connectivity index (χ0n) is 17.9. The molecule has 1 fully saturated rings. The summed E-state index contributed by atoms with van der Waals surface area (Å²) in [7, 11) is 0. The SMILES string of the molecule is Cl.NCCNCC(=O)CNc1cc(C(F)(F)F)cc2c1Nc1ccc(N3CCCC3)cc1S2. The van der Waals surface area contributed by atoms with Crippen molar-refractivity contribution in [2.45, 2.75) is 28.8 Å². The number of nitrogens with one attached hydrogen (secondary N) is 3. The Labute approximate surface area is 201 Å². The normalized spacial score (nSPS) is 14.7. The van der Waals surface area contributed by atoms with Crippen LogP contribution in [-0.4, -0.2) is 45.1 Å². The fourth-order valence-corrected chi connectivity index (χ4v) is 4.93. The lowest BCUT2D eigenvalue weighted by molar-refractivity contribution is -0.137. The molecule has 4 rings (SSSR count). The average Bonchev–Trinajstić information content (AvgIpc) is 3.30. The molecule has 1 saturated heterocycles. The second-order valence-corrected chi connectivity index (χ2v) is 8.94. The van der Waals surface area contributed by atoms with Gasteiger partial charge in [0.2, 0.25) is 0 Å². The first-order valence-corrected chi connectivity index (χ1v) is 11.4. The molecule has 0 aromatic heterocycles. The molecule has 0 unspecified atom stereocenters. The van der Waals surface area contributed by atoms with Crippen LogP contribution in [0.25, 0.3) is 0 Å². The summed E-state index contributed by atoms with van der Waals surface area (Å²) in [5, 5.41) is 9.06. The molecule has 0 spiro atoms. The van der Waals surface area contributed by atoms with E-state index in [1.54, 1.807) is 0 Å². The highest BCUT2D eigenvalue weighted by molar-refractivity contribution is 7.99. The molecule has 0 saturated carbocycles. The van der Waals surface area contributed by atoms with E-state index < -0.39 is 11.7 Å². The number of halogens is 4. The van der Waals surface area contributed by atoms with E-state index >= 15 is 0 Å². The van der Waals surface area contributed by atoms with Crippen molar-refractivity contribution in [1.29, 1.82) is 0 Å². The van der Waals surface area contributed by atoms with Gasteiger partial charge in [-0.15, -0.1) is 12.4 Å². The monoisotopic (exact) mass is 501 g/mol. The van der Waals surface area contributed by atoms with Crippen LogP contribution in [0, 0.1) is 0 Å². The van der Waals surface area contributed by atoms with E-state index in [2.05, 4.69) is 20.9 Å². The number of hydrogen-bond acceptors (Lipinski definition) is 7. The molecule has 6 nitrogen and oxygen atoms in total. The highest BCUT2D eigenvalue weighted by Crippen LogP contribution is 2.50. The third kappa shape index (κ3) is 6.06. The number of carbonyl (C=O) groups is 1. The maximum Gasteiger partial charge on any atom is 0.416 e. The number of fused-ring (bicyclic) bond motifs is 2. The van der Waals surface area contributed by atoms with Crippen molar-refractivity contribution < 1.29 is 18.0 Å². The molecule has 180 valence electrons. The van der Waals surface area contributed by atoms with Gasteiger partial charge in [-0.25, -0.2) is 0 Å². The van der Waals surface area contributed by atoms with Gasteiger partial charge >= 0.3 is 6.18 Å². The van der Waals surface area contributed by atoms with Crippen molar-refractivity contribution in [3.63, 3.8) is 0 Å². The number of benzene rings is 2. The Morgan fingerprint density at radius 1 is 1.12 bits per heavy atom. The Balaban J connectivity index is 0.00000306. The predicted molar refractivity (Wildman–Crippen MR) is 129 cm³/mol. The number of hydrogen-bond donors (Lipinski definition) is 4. The summed E-state index contributed by atoms with van der Waals surface area (Å²) in [6.45, 7) is 2.91. The Morgan fingerprint density at radius 3 is 2.58 bits per heavy atom. The van der Waals surface area contributed by atoms with E-state index in [1.807, 2.05) is 18.2 Å². The summed E-state index contributed by atoms with van der Waals surface area (Å²) in [6, 6.07) is 8.24. The number of Topliss-reactive ketones (excluding diaryl/α,β-unsaturated/α-hetero) is 1. The number of carbonyl (C=O) groups excluding carboxylic acids is 1. The molecule has 33 heavy (non-hydrogen) atoms. The third-order valence-corrected chi connectivity index (χ3v) is 6.56. The van der Waals surface area contributed by atoms with Gasteiger partial charge in [-0.1, -0.05) is 11.8 Å². The van der Waals surface area contributed by atoms with Crippen molar-refractivity contribution in [3.8, 4) is 0 Å². The summed E-state index contributed by atoms with van der Waals surface area (Å²) in [5.41, 5.74) is 7.36. The van der Waals surface area contributed by atoms with E-state index in [0.717, 1.165) is 54.3 Å². The predicted octanol–water partition coefficient (Wildman–Crippen LogP) is 4.46. The molecule has 0 atom stereocenters. The molecule has 2 aliphatic heterocycles. The molecule has 0 aliphatic carbocycles. The Hall–Kier alpha value is -2.14. The van der Waals surface area contributed by atoms with Crippen LogP contribution in [-0.2, 0) is 11.0 Å². The lowest BCUT2D eigenvalue weighted by Crippen LogP contribution is -2.31. The smallest absolute Gasteiger partial charge is 0.376 e. The minimum absolute atomic E-state index is 0. The number of ketones is 1. The zero-order chi connectivity index (χ0) is 22.7. The number of nitrogens with zero attached hydrogens (tertiary/aromatic N) is 1. The topological polar surface area (TPSA) is 82.4 Å². The summed E-state index contributed by atoms with van der Waals surface area (Å²) in [5.74, 6) is -0.163. The van der Waals surface area contributed by atoms with E-state index in [-0.39, 0.29) is 37.0 Å². The highest BCUT2D eigenvalue weighted by Gasteiger charge is 2.33. The molecular weight excluding hydrogens is 475 g/mol. The van der Waals surface area contributed by atoms with E-state index in [1.165, 1.54) is 11.8 Å². The fourth-order valence-electron chi connectivity index (χ4n) is 3.84. The van der Waals surface area contributed by atoms with Crippen LogP contribution < -0.4 is 26.6 Å². The van der Waals surface area contributed by atoms with Crippen LogP contribution in [0.5, 0.6) is 0 Å². The molecule has 2 aliphatic rings. The van der Waals surface area contributed by atoms with Gasteiger partial charge in [0.25, 0.3) is 0 Å². The van der Waals surface area contributed by atoms with E-state index in [4.69, 9.17) is 5.73 Å². The zero-order valence-corrected chi connectivity index (χ0v) is 19.6. The Morgan fingerprint density at radius 2 is 1.88 bits per heavy atom. The molecule has 0 bridgehead atoms. The Bertz CT molecular complexity index is 999. The quantitative estimate of drug-likeness (QED) is 0.339. The summed E-state index contributed by atoms with van der Waals surface area (Å²) < 4.78 is 40.7. The number of nitrogens with two attached hydrogens (primary N) is 1. The van der Waals surface area contributed by atoms with Crippen LogP contribution in [0.3, 0.4) is 0 Å². The first-order valence-electron chi connectivity index (χ1n) is 10.6. The second kappa shape index (κ2) is 10.9. The van der Waals surface area contributed by atoms with E-state index in [0.29, 0.717) is 23.7 Å². The molecule has 0 amide bonds. The standard InChI is InChI=1S/C22H26F3N5OS.ClH/c23-22(24,25)14-9-18(28-13-16(31)12-27-6-5-26)21-20(10-14)32-19-11-15(3-4-17(19)29-21)30-7-1-2-8-30;/h3-4,9-11,27-29H,1-2,5-8,12-13,26H2;1H. The first-order chi connectivity index (χ1) is 15.3. The maximum absolute atomic E-state index is 13.6. The van der Waals surface area contributed by atoms with Gasteiger partial charge in [-0.05, 0) is 43.2 Å². The van der Waals surface area contributed by atoms with Crippen molar-refractivity contribution in [2.24, 2.45) is 5.73 Å². The van der Waals surface area contributed by atoms with Crippen LogP contribution >= 0.6 is 24.2 Å². The molecule has 2 aromatic carbocycles. The molecule has 0 radical (unpaired) electrons. The average molecular weight is 502 g/mol. The van der Waals surface area contributed by atoms with E-state index in [9.17, 15) is 18.0 Å². The van der Waals surface area contributed by atoms with Gasteiger partial charge in [0.15, 0.2) is 5.78 Å². The van der Waals surface area contributed by atoms with Crippen molar-refractivity contribution in [1.82, 2.24) is 5.32 Å². The molecular formula is C22H27ClF3N5OS. The number of alkyl halides is 3. The molecule has 2 aromatic rings. The highest BCUT2D eigenvalue weighted by atomic mass is 35.5. The van der Waals surface area contributed by atoms with Crippen LogP contribution in [0.2, 0.25) is 0 Å². The van der Waals surface area contributed by atoms with Gasteiger partial charge < -0.3 is 26.6 Å². The summed E-state index contributed by atoms with van der Waals surface area (Å²) in [6.07, 6.45) is -2.19. The lowest BCUT2D eigenvalue weighted by Gasteiger charge is -2.27. The van der Waals surface area contributed by atoms with Gasteiger partial charge in [0.05, 0.1) is 35.7 Å². The van der Waals surface area contributed by atoms with Crippen molar-refractivity contribution in [2.75, 3.05) is 54.8 Å². The first kappa shape index (κ1) is 25.5. The minimum Gasteiger partial charge on any atom is -0.376 e. The lowest BCUT2D eigenvalue weighted by atomic mass is 10.1. The fraction of sp³-hybridized carbons (Fsp3) is 0.409. The molecule has 5 N–H and O–H groups in total.